The highest BCUT2D eigenvalue weighted by Crippen LogP contribution is 2.25. The first-order chi connectivity index (χ1) is 12.0. The topological polar surface area (TPSA) is 77.8 Å². The van der Waals surface area contributed by atoms with Crippen molar-refractivity contribution in [3.05, 3.63) is 63.5 Å². The van der Waals surface area contributed by atoms with Crippen LogP contribution in [-0.4, -0.2) is 20.1 Å². The molecule has 3 rings (SSSR count). The number of anilines is 1. The maximum absolute atomic E-state index is 12.5. The van der Waals surface area contributed by atoms with E-state index in [1.54, 1.807) is 30.3 Å². The van der Waals surface area contributed by atoms with Crippen molar-refractivity contribution in [2.45, 2.75) is 0 Å². The third kappa shape index (κ3) is 3.44. The summed E-state index contributed by atoms with van der Waals surface area (Å²) >= 11 is 5.93. The summed E-state index contributed by atoms with van der Waals surface area (Å²) in [6.45, 7) is 0. The Kier molecular flexibility index (Phi) is 4.63. The predicted octanol–water partition coefficient (Wildman–Crippen LogP) is 3.72. The molecule has 0 aliphatic carbocycles. The Bertz CT molecular complexity index is 1010. The van der Waals surface area contributed by atoms with Gasteiger partial charge in [-0.1, -0.05) is 11.6 Å². The third-order valence-electron chi connectivity index (χ3n) is 3.59. The van der Waals surface area contributed by atoms with Crippen molar-refractivity contribution in [2.75, 3.05) is 19.5 Å². The highest BCUT2D eigenvalue weighted by molar-refractivity contribution is 6.31. The average molecular weight is 360 g/mol. The van der Waals surface area contributed by atoms with Gasteiger partial charge in [-0.2, -0.15) is 0 Å². The number of hydrogen-bond acceptors (Lipinski definition) is 5. The summed E-state index contributed by atoms with van der Waals surface area (Å²) in [6.07, 6.45) is 0. The molecule has 128 valence electrons. The number of ether oxygens (including phenoxy) is 2. The summed E-state index contributed by atoms with van der Waals surface area (Å²) in [6, 6.07) is 11.2. The number of carbonyl (C=O) groups excluding carboxylic acids is 1. The van der Waals surface area contributed by atoms with E-state index in [4.69, 9.17) is 25.5 Å². The van der Waals surface area contributed by atoms with E-state index in [0.29, 0.717) is 27.5 Å². The van der Waals surface area contributed by atoms with Crippen LogP contribution in [0.4, 0.5) is 5.69 Å². The molecule has 0 saturated heterocycles. The maximum atomic E-state index is 12.5. The molecule has 3 aromatic rings. The van der Waals surface area contributed by atoms with Crippen molar-refractivity contribution in [3.8, 4) is 11.5 Å². The third-order valence-corrected chi connectivity index (χ3v) is 3.83. The molecule has 0 fully saturated rings. The molecule has 0 aliphatic heterocycles. The Hall–Kier alpha value is -2.99. The van der Waals surface area contributed by atoms with Crippen molar-refractivity contribution in [1.82, 2.24) is 0 Å². The van der Waals surface area contributed by atoms with Gasteiger partial charge in [-0.25, -0.2) is 4.79 Å². The number of fused-ring (bicyclic) bond motifs is 1. The molecule has 25 heavy (non-hydrogen) atoms. The Morgan fingerprint density at radius 1 is 1.08 bits per heavy atom. The first-order valence-corrected chi connectivity index (χ1v) is 7.66. The Balaban J connectivity index is 2.00. The minimum Gasteiger partial charge on any atom is -0.497 e. The van der Waals surface area contributed by atoms with Crippen LogP contribution in [-0.2, 0) is 0 Å². The Morgan fingerprint density at radius 3 is 2.60 bits per heavy atom. The molecule has 1 amide bonds. The fourth-order valence-electron chi connectivity index (χ4n) is 2.36. The molecule has 0 spiro atoms. The zero-order chi connectivity index (χ0) is 18.0. The maximum Gasteiger partial charge on any atom is 0.360 e. The molecule has 0 aliphatic rings. The van der Waals surface area contributed by atoms with Crippen LogP contribution >= 0.6 is 11.6 Å². The van der Waals surface area contributed by atoms with E-state index in [1.165, 1.54) is 26.4 Å². The number of rotatable bonds is 4. The van der Waals surface area contributed by atoms with Crippen LogP contribution in [0.25, 0.3) is 11.0 Å². The van der Waals surface area contributed by atoms with Crippen molar-refractivity contribution in [1.29, 1.82) is 0 Å². The second-order valence-corrected chi connectivity index (χ2v) is 5.59. The van der Waals surface area contributed by atoms with Gasteiger partial charge in [0.25, 0.3) is 5.91 Å². The van der Waals surface area contributed by atoms with Gasteiger partial charge < -0.3 is 19.2 Å². The summed E-state index contributed by atoms with van der Waals surface area (Å²) in [7, 11) is 2.98. The summed E-state index contributed by atoms with van der Waals surface area (Å²) in [5.74, 6) is 0.415. The fourth-order valence-corrected chi connectivity index (χ4v) is 2.54. The van der Waals surface area contributed by atoms with Crippen molar-refractivity contribution >= 4 is 34.2 Å². The lowest BCUT2D eigenvalue weighted by atomic mass is 10.1. The van der Waals surface area contributed by atoms with Gasteiger partial charge in [-0.15, -0.1) is 0 Å². The summed E-state index contributed by atoms with van der Waals surface area (Å²) < 4.78 is 15.5. The normalized spacial score (nSPS) is 10.5. The van der Waals surface area contributed by atoms with Crippen LogP contribution in [0.15, 0.2) is 51.7 Å². The van der Waals surface area contributed by atoms with Gasteiger partial charge in [0, 0.05) is 10.4 Å². The first-order valence-electron chi connectivity index (χ1n) is 7.28. The predicted molar refractivity (Wildman–Crippen MR) is 95.0 cm³/mol. The van der Waals surface area contributed by atoms with E-state index in [-0.39, 0.29) is 11.3 Å². The second-order valence-electron chi connectivity index (χ2n) is 5.15. The zero-order valence-electron chi connectivity index (χ0n) is 13.5. The van der Waals surface area contributed by atoms with Gasteiger partial charge in [-0.05, 0) is 42.5 Å². The molecule has 0 saturated carbocycles. The fraction of sp³-hybridized carbons (Fsp3) is 0.111. The molecule has 1 aromatic heterocycles. The molecular formula is C18H14ClNO5. The zero-order valence-corrected chi connectivity index (χ0v) is 14.2. The van der Waals surface area contributed by atoms with Gasteiger partial charge in [-0.3, -0.25) is 4.79 Å². The highest BCUT2D eigenvalue weighted by atomic mass is 35.5. The average Bonchev–Trinajstić information content (AvgIpc) is 2.61. The van der Waals surface area contributed by atoms with Crippen molar-refractivity contribution in [3.63, 3.8) is 0 Å². The molecule has 1 heterocycles. The lowest BCUT2D eigenvalue weighted by molar-refractivity contribution is 0.102. The van der Waals surface area contributed by atoms with Crippen LogP contribution in [0.1, 0.15) is 10.4 Å². The van der Waals surface area contributed by atoms with E-state index in [9.17, 15) is 9.59 Å². The Morgan fingerprint density at radius 2 is 1.88 bits per heavy atom. The number of nitrogens with one attached hydrogen (secondary N) is 1. The van der Waals surface area contributed by atoms with Crippen molar-refractivity contribution in [2.24, 2.45) is 0 Å². The van der Waals surface area contributed by atoms with E-state index < -0.39 is 11.5 Å². The van der Waals surface area contributed by atoms with Gasteiger partial charge in [0.2, 0.25) is 0 Å². The molecule has 0 radical (unpaired) electrons. The van der Waals surface area contributed by atoms with E-state index in [1.807, 2.05) is 0 Å². The minimum absolute atomic E-state index is 0.00721. The van der Waals surface area contributed by atoms with Gasteiger partial charge in [0.1, 0.15) is 22.8 Å². The summed E-state index contributed by atoms with van der Waals surface area (Å²) in [5.41, 5.74) is -0.0518. The first kappa shape index (κ1) is 16.9. The quantitative estimate of drug-likeness (QED) is 0.718. The monoisotopic (exact) mass is 359 g/mol. The summed E-state index contributed by atoms with van der Waals surface area (Å²) in [4.78, 5) is 24.6. The lowest BCUT2D eigenvalue weighted by Crippen LogP contribution is -2.18. The van der Waals surface area contributed by atoms with E-state index in [0.717, 1.165) is 0 Å². The number of hydrogen-bond donors (Lipinski definition) is 1. The van der Waals surface area contributed by atoms with Crippen LogP contribution in [0.5, 0.6) is 11.5 Å². The van der Waals surface area contributed by atoms with Crippen LogP contribution in [0.3, 0.4) is 0 Å². The number of halogens is 1. The number of methoxy groups -OCH3 is 2. The highest BCUT2D eigenvalue weighted by Gasteiger charge is 2.16. The minimum atomic E-state index is -0.660. The standard InChI is InChI=1S/C18H14ClNO5/c1-23-12-4-6-15-10(7-12)8-14(18(22)25-15)20-17(21)13-9-11(19)3-5-16(13)24-2/h3-9H,1-2H3,(H,20,21). The van der Waals surface area contributed by atoms with E-state index in [2.05, 4.69) is 5.32 Å². The molecule has 1 N–H and O–H groups in total. The molecular weight excluding hydrogens is 346 g/mol. The van der Waals surface area contributed by atoms with Crippen LogP contribution < -0.4 is 20.4 Å². The second kappa shape index (κ2) is 6.86. The molecule has 2 aromatic carbocycles. The van der Waals surface area contributed by atoms with Crippen molar-refractivity contribution < 1.29 is 18.7 Å². The SMILES string of the molecule is COc1ccc2oc(=O)c(NC(=O)c3cc(Cl)ccc3OC)cc2c1. The number of carbonyl (C=O) groups is 1. The van der Waals surface area contributed by atoms with Crippen LogP contribution in [0, 0.1) is 0 Å². The van der Waals surface area contributed by atoms with Gasteiger partial charge in [0.15, 0.2) is 0 Å². The molecule has 0 bridgehead atoms. The molecule has 0 atom stereocenters. The molecule has 0 unspecified atom stereocenters. The number of amides is 1. The van der Waals surface area contributed by atoms with Gasteiger partial charge in [0.05, 0.1) is 19.8 Å². The largest absolute Gasteiger partial charge is 0.497 e. The van der Waals surface area contributed by atoms with Crippen LogP contribution in [0.2, 0.25) is 5.02 Å². The Labute approximate surface area is 147 Å². The smallest absolute Gasteiger partial charge is 0.360 e. The van der Waals surface area contributed by atoms with Gasteiger partial charge >= 0.3 is 5.63 Å². The number of benzene rings is 2. The van der Waals surface area contributed by atoms with E-state index >= 15 is 0 Å². The molecule has 7 heteroatoms. The summed E-state index contributed by atoms with van der Waals surface area (Å²) in [5, 5.41) is 3.53. The lowest BCUT2D eigenvalue weighted by Gasteiger charge is -2.10. The molecule has 6 nitrogen and oxygen atoms in total.